The lowest BCUT2D eigenvalue weighted by atomic mass is 9.91. The van der Waals surface area contributed by atoms with Gasteiger partial charge in [0.15, 0.2) is 0 Å². The summed E-state index contributed by atoms with van der Waals surface area (Å²) in [4.78, 5) is 2.68. The number of rotatable bonds is 1. The van der Waals surface area contributed by atoms with Crippen LogP contribution in [0.2, 0.25) is 0 Å². The van der Waals surface area contributed by atoms with Crippen molar-refractivity contribution in [3.05, 3.63) is 0 Å². The van der Waals surface area contributed by atoms with Crippen molar-refractivity contribution >= 4 is 0 Å². The van der Waals surface area contributed by atoms with E-state index in [9.17, 15) is 0 Å². The van der Waals surface area contributed by atoms with Crippen molar-refractivity contribution in [2.75, 3.05) is 39.4 Å². The van der Waals surface area contributed by atoms with Gasteiger partial charge in [0.25, 0.3) is 0 Å². The normalized spacial score (nSPS) is 39.0. The molecule has 0 aliphatic carbocycles. The van der Waals surface area contributed by atoms with E-state index in [-0.39, 0.29) is 0 Å². The maximum atomic E-state index is 5.69. The molecular weight excluding hydrogens is 200 g/mol. The fraction of sp³-hybridized carbons (Fsp3) is 1.00. The van der Waals surface area contributed by atoms with Gasteiger partial charge in [-0.1, -0.05) is 6.92 Å². The van der Waals surface area contributed by atoms with E-state index in [1.54, 1.807) is 0 Å². The molecule has 3 nitrogen and oxygen atoms in total. The Kier molecular flexibility index (Phi) is 4.22. The lowest BCUT2D eigenvalue weighted by Gasteiger charge is -2.45. The predicted octanol–water partition coefficient (Wildman–Crippen LogP) is 1.49. The van der Waals surface area contributed by atoms with Crippen molar-refractivity contribution in [1.82, 2.24) is 10.2 Å². The molecule has 94 valence electrons. The highest BCUT2D eigenvalue weighted by Crippen LogP contribution is 2.27. The number of nitrogens with zero attached hydrogens (tertiary/aromatic N) is 1. The van der Waals surface area contributed by atoms with Gasteiger partial charge in [0, 0.05) is 18.7 Å². The van der Waals surface area contributed by atoms with E-state index in [4.69, 9.17) is 4.74 Å². The van der Waals surface area contributed by atoms with Gasteiger partial charge in [-0.25, -0.2) is 0 Å². The molecule has 2 unspecified atom stereocenters. The molecule has 2 rings (SSSR count). The fourth-order valence-electron chi connectivity index (χ4n) is 2.93. The summed E-state index contributed by atoms with van der Waals surface area (Å²) in [5, 5.41) is 3.52. The van der Waals surface area contributed by atoms with Gasteiger partial charge in [-0.15, -0.1) is 0 Å². The molecule has 0 aromatic carbocycles. The number of hydrogen-bond donors (Lipinski definition) is 1. The molecule has 16 heavy (non-hydrogen) atoms. The van der Waals surface area contributed by atoms with Crippen LogP contribution < -0.4 is 5.32 Å². The summed E-state index contributed by atoms with van der Waals surface area (Å²) in [5.41, 5.74) is 0.295. The zero-order chi connectivity index (χ0) is 11.4. The Balaban J connectivity index is 1.98. The lowest BCUT2D eigenvalue weighted by Crippen LogP contribution is -2.55. The van der Waals surface area contributed by atoms with Gasteiger partial charge in [0.2, 0.25) is 0 Å². The first-order valence-electron chi connectivity index (χ1n) is 6.74. The highest BCUT2D eigenvalue weighted by Gasteiger charge is 2.34. The Labute approximate surface area is 99.5 Å². The third-order valence-electron chi connectivity index (χ3n) is 3.99. The van der Waals surface area contributed by atoms with E-state index in [0.717, 1.165) is 32.2 Å². The van der Waals surface area contributed by atoms with Crippen molar-refractivity contribution < 1.29 is 4.74 Å². The number of hydrogen-bond acceptors (Lipinski definition) is 3. The Hall–Kier alpha value is -0.120. The molecular formula is C13H26N2O. The first-order valence-corrected chi connectivity index (χ1v) is 6.74. The summed E-state index contributed by atoms with van der Waals surface area (Å²) in [6.07, 6.45) is 3.79. The second kappa shape index (κ2) is 5.48. The molecule has 1 N–H and O–H groups in total. The van der Waals surface area contributed by atoms with Crippen LogP contribution >= 0.6 is 0 Å². The van der Waals surface area contributed by atoms with Gasteiger partial charge in [0.1, 0.15) is 0 Å². The summed E-state index contributed by atoms with van der Waals surface area (Å²) >= 11 is 0. The molecule has 2 saturated heterocycles. The zero-order valence-corrected chi connectivity index (χ0v) is 10.8. The van der Waals surface area contributed by atoms with Gasteiger partial charge >= 0.3 is 0 Å². The molecule has 2 fully saturated rings. The zero-order valence-electron chi connectivity index (χ0n) is 10.8. The van der Waals surface area contributed by atoms with Gasteiger partial charge in [-0.3, -0.25) is 4.90 Å². The van der Waals surface area contributed by atoms with Crippen molar-refractivity contribution in [3.63, 3.8) is 0 Å². The molecule has 0 aromatic rings. The average molecular weight is 226 g/mol. The second-order valence-corrected chi connectivity index (χ2v) is 5.76. The van der Waals surface area contributed by atoms with Gasteiger partial charge in [-0.2, -0.15) is 0 Å². The van der Waals surface area contributed by atoms with E-state index >= 15 is 0 Å². The second-order valence-electron chi connectivity index (χ2n) is 5.76. The summed E-state index contributed by atoms with van der Waals surface area (Å²) < 4.78 is 5.69. The monoisotopic (exact) mass is 226 g/mol. The molecule has 2 aliphatic heterocycles. The fourth-order valence-corrected chi connectivity index (χ4v) is 2.93. The van der Waals surface area contributed by atoms with E-state index in [1.165, 1.54) is 32.4 Å². The maximum absolute atomic E-state index is 5.69. The summed E-state index contributed by atoms with van der Waals surface area (Å²) in [6, 6.07) is 0. The molecule has 0 radical (unpaired) electrons. The minimum Gasteiger partial charge on any atom is -0.380 e. The molecule has 0 aromatic heterocycles. The first-order chi connectivity index (χ1) is 7.71. The van der Waals surface area contributed by atoms with Crippen molar-refractivity contribution in [1.29, 1.82) is 0 Å². The summed E-state index contributed by atoms with van der Waals surface area (Å²) in [6.45, 7) is 11.4. The minimum absolute atomic E-state index is 0.295. The quantitative estimate of drug-likeness (QED) is 0.733. The number of ether oxygens (including phenoxy) is 1. The molecule has 2 heterocycles. The molecule has 0 spiro atoms. The van der Waals surface area contributed by atoms with Gasteiger partial charge in [0.05, 0.1) is 6.61 Å². The van der Waals surface area contributed by atoms with Crippen LogP contribution in [0.25, 0.3) is 0 Å². The Bertz CT molecular complexity index is 214. The van der Waals surface area contributed by atoms with Crippen molar-refractivity contribution in [2.24, 2.45) is 5.92 Å². The van der Waals surface area contributed by atoms with Crippen LogP contribution in [0.5, 0.6) is 0 Å². The topological polar surface area (TPSA) is 24.5 Å². The van der Waals surface area contributed by atoms with Crippen LogP contribution in [-0.2, 0) is 4.74 Å². The van der Waals surface area contributed by atoms with Crippen molar-refractivity contribution in [3.8, 4) is 0 Å². The highest BCUT2D eigenvalue weighted by atomic mass is 16.5. The van der Waals surface area contributed by atoms with Gasteiger partial charge in [-0.05, 0) is 51.7 Å². The SMILES string of the molecule is CC1CNCCCN(C2(C)CCCOC2)C1. The van der Waals surface area contributed by atoms with Crippen LogP contribution in [0.1, 0.15) is 33.1 Å². The van der Waals surface area contributed by atoms with E-state index in [2.05, 4.69) is 24.1 Å². The van der Waals surface area contributed by atoms with Crippen LogP contribution in [-0.4, -0.2) is 49.8 Å². The van der Waals surface area contributed by atoms with Crippen LogP contribution in [0.3, 0.4) is 0 Å². The lowest BCUT2D eigenvalue weighted by molar-refractivity contribution is -0.0466. The van der Waals surface area contributed by atoms with Gasteiger partial charge < -0.3 is 10.1 Å². The van der Waals surface area contributed by atoms with Crippen molar-refractivity contribution in [2.45, 2.75) is 38.6 Å². The summed E-state index contributed by atoms with van der Waals surface area (Å²) in [5.74, 6) is 0.749. The molecule has 0 amide bonds. The smallest absolute Gasteiger partial charge is 0.0647 e. The molecule has 0 saturated carbocycles. The summed E-state index contributed by atoms with van der Waals surface area (Å²) in [7, 11) is 0. The van der Waals surface area contributed by atoms with E-state index < -0.39 is 0 Å². The van der Waals surface area contributed by atoms with E-state index in [0.29, 0.717) is 5.54 Å². The number of nitrogens with one attached hydrogen (secondary N) is 1. The highest BCUT2D eigenvalue weighted by molar-refractivity contribution is 4.90. The molecule has 0 bridgehead atoms. The maximum Gasteiger partial charge on any atom is 0.0647 e. The molecule has 2 atom stereocenters. The third-order valence-corrected chi connectivity index (χ3v) is 3.99. The third kappa shape index (κ3) is 2.96. The Morgan fingerprint density at radius 3 is 3.00 bits per heavy atom. The molecule has 2 aliphatic rings. The minimum atomic E-state index is 0.295. The van der Waals surface area contributed by atoms with Crippen LogP contribution in [0, 0.1) is 5.92 Å². The van der Waals surface area contributed by atoms with Crippen LogP contribution in [0.4, 0.5) is 0 Å². The van der Waals surface area contributed by atoms with E-state index in [1.807, 2.05) is 0 Å². The van der Waals surface area contributed by atoms with Crippen LogP contribution in [0.15, 0.2) is 0 Å². The largest absolute Gasteiger partial charge is 0.380 e. The standard InChI is InChI=1S/C13H26N2O/c1-12-9-14-6-4-7-15(10-12)13(2)5-3-8-16-11-13/h12,14H,3-11H2,1-2H3. The molecule has 3 heteroatoms. The Morgan fingerprint density at radius 2 is 2.25 bits per heavy atom. The first kappa shape index (κ1) is 12.3. The Morgan fingerprint density at radius 1 is 1.38 bits per heavy atom. The predicted molar refractivity (Wildman–Crippen MR) is 66.7 cm³/mol. The average Bonchev–Trinajstić information content (AvgIpc) is 2.24.